The summed E-state index contributed by atoms with van der Waals surface area (Å²) in [6.07, 6.45) is 8.73. The molecule has 2 aliphatic rings. The van der Waals surface area contributed by atoms with Crippen LogP contribution < -0.4 is 21.7 Å². The van der Waals surface area contributed by atoms with Crippen molar-refractivity contribution < 1.29 is 9.59 Å². The van der Waals surface area contributed by atoms with Crippen LogP contribution in [-0.4, -0.2) is 62.5 Å². The SMILES string of the molecule is CCCCN1C(=O)C2=CC(C)C(NCCNCCCCCCNCCN)c3cccc(c32)C1=O. The summed E-state index contributed by atoms with van der Waals surface area (Å²) in [4.78, 5) is 27.6. The molecule has 2 amide bonds. The number of nitrogens with zero attached hydrogens (tertiary/aromatic N) is 1. The molecule has 7 heteroatoms. The highest BCUT2D eigenvalue weighted by atomic mass is 16.2. The van der Waals surface area contributed by atoms with E-state index in [-0.39, 0.29) is 23.8 Å². The molecule has 188 valence electrons. The molecular weight excluding hydrogens is 426 g/mol. The van der Waals surface area contributed by atoms with Gasteiger partial charge in [0.1, 0.15) is 0 Å². The molecule has 1 aromatic carbocycles. The Hall–Kier alpha value is -2.06. The first-order valence-electron chi connectivity index (χ1n) is 13.2. The van der Waals surface area contributed by atoms with Crippen LogP contribution in [0, 0.1) is 5.92 Å². The molecule has 0 aromatic heterocycles. The molecule has 7 nitrogen and oxygen atoms in total. The maximum atomic E-state index is 13.1. The number of nitrogens with one attached hydrogen (secondary N) is 3. The topological polar surface area (TPSA) is 99.5 Å². The fourth-order valence-corrected chi connectivity index (χ4v) is 4.93. The number of benzene rings is 1. The summed E-state index contributed by atoms with van der Waals surface area (Å²) >= 11 is 0. The van der Waals surface area contributed by atoms with Crippen molar-refractivity contribution in [2.45, 2.75) is 58.4 Å². The summed E-state index contributed by atoms with van der Waals surface area (Å²) in [6.45, 7) is 10.1. The van der Waals surface area contributed by atoms with E-state index in [1.165, 1.54) is 30.6 Å². The summed E-state index contributed by atoms with van der Waals surface area (Å²) in [6, 6.07) is 5.99. The summed E-state index contributed by atoms with van der Waals surface area (Å²) in [5, 5.41) is 10.5. The fraction of sp³-hybridized carbons (Fsp3) is 0.630. The quantitative estimate of drug-likeness (QED) is 0.219. The number of imide groups is 1. The van der Waals surface area contributed by atoms with Crippen LogP contribution in [0.25, 0.3) is 5.57 Å². The highest BCUT2D eigenvalue weighted by molar-refractivity contribution is 6.31. The van der Waals surface area contributed by atoms with Crippen molar-refractivity contribution in [3.05, 3.63) is 41.0 Å². The molecule has 0 saturated heterocycles. The number of hydrogen-bond acceptors (Lipinski definition) is 6. The third kappa shape index (κ3) is 6.54. The number of rotatable bonds is 16. The van der Waals surface area contributed by atoms with E-state index >= 15 is 0 Å². The van der Waals surface area contributed by atoms with E-state index in [1.807, 2.05) is 12.1 Å². The van der Waals surface area contributed by atoms with Gasteiger partial charge in [0.05, 0.1) is 0 Å². The first-order valence-corrected chi connectivity index (χ1v) is 13.2. The Labute approximate surface area is 204 Å². The minimum Gasteiger partial charge on any atom is -0.329 e. The van der Waals surface area contributed by atoms with E-state index < -0.39 is 0 Å². The minimum absolute atomic E-state index is 0.101. The first kappa shape index (κ1) is 26.5. The summed E-state index contributed by atoms with van der Waals surface area (Å²) < 4.78 is 0. The van der Waals surface area contributed by atoms with Crippen LogP contribution in [0.5, 0.6) is 0 Å². The predicted molar refractivity (Wildman–Crippen MR) is 139 cm³/mol. The Kier molecular flexibility index (Phi) is 10.7. The van der Waals surface area contributed by atoms with Crippen molar-refractivity contribution in [2.24, 2.45) is 11.7 Å². The lowest BCUT2D eigenvalue weighted by atomic mass is 9.77. The molecular formula is C27H43N5O2. The molecule has 0 bridgehead atoms. The average Bonchev–Trinajstić information content (AvgIpc) is 2.84. The molecule has 3 rings (SSSR count). The number of carbonyl (C=O) groups excluding carboxylic acids is 2. The van der Waals surface area contributed by atoms with Gasteiger partial charge >= 0.3 is 0 Å². The van der Waals surface area contributed by atoms with Gasteiger partial charge in [-0.1, -0.05) is 51.3 Å². The molecule has 2 atom stereocenters. The Morgan fingerprint density at radius 1 is 0.912 bits per heavy atom. The van der Waals surface area contributed by atoms with E-state index in [9.17, 15) is 9.59 Å². The monoisotopic (exact) mass is 469 g/mol. The minimum atomic E-state index is -0.155. The van der Waals surface area contributed by atoms with E-state index in [4.69, 9.17) is 5.73 Å². The normalized spacial score (nSPS) is 19.4. The number of amides is 2. The van der Waals surface area contributed by atoms with Crippen LogP contribution in [0.4, 0.5) is 0 Å². The number of unbranched alkanes of at least 4 members (excludes halogenated alkanes) is 4. The van der Waals surface area contributed by atoms with Crippen LogP contribution in [-0.2, 0) is 4.79 Å². The Bertz CT molecular complexity index is 853. The maximum absolute atomic E-state index is 13.1. The van der Waals surface area contributed by atoms with Gasteiger partial charge in [0.15, 0.2) is 0 Å². The molecule has 2 unspecified atom stereocenters. The van der Waals surface area contributed by atoms with E-state index in [0.717, 1.165) is 56.7 Å². The largest absolute Gasteiger partial charge is 0.329 e. The number of carbonyl (C=O) groups is 2. The third-order valence-corrected chi connectivity index (χ3v) is 6.79. The first-order chi connectivity index (χ1) is 16.6. The summed E-state index contributed by atoms with van der Waals surface area (Å²) in [7, 11) is 0. The van der Waals surface area contributed by atoms with Crippen LogP contribution in [0.1, 0.15) is 79.9 Å². The summed E-state index contributed by atoms with van der Waals surface area (Å²) in [5.74, 6) is -0.117. The van der Waals surface area contributed by atoms with Crippen molar-refractivity contribution in [2.75, 3.05) is 45.8 Å². The van der Waals surface area contributed by atoms with Gasteiger partial charge in [0, 0.05) is 55.5 Å². The van der Waals surface area contributed by atoms with E-state index in [1.54, 1.807) is 0 Å². The van der Waals surface area contributed by atoms with Crippen molar-refractivity contribution >= 4 is 17.4 Å². The zero-order valence-corrected chi connectivity index (χ0v) is 21.0. The highest BCUT2D eigenvalue weighted by Gasteiger charge is 2.40. The Morgan fingerprint density at radius 3 is 2.35 bits per heavy atom. The van der Waals surface area contributed by atoms with E-state index in [2.05, 4.69) is 41.9 Å². The van der Waals surface area contributed by atoms with Crippen molar-refractivity contribution in [3.8, 4) is 0 Å². The van der Waals surface area contributed by atoms with Gasteiger partial charge in [0.25, 0.3) is 11.8 Å². The lowest BCUT2D eigenvalue weighted by Crippen LogP contribution is -2.45. The summed E-state index contributed by atoms with van der Waals surface area (Å²) in [5.41, 5.74) is 8.75. The lowest BCUT2D eigenvalue weighted by Gasteiger charge is -2.37. The second-order valence-corrected chi connectivity index (χ2v) is 9.46. The van der Waals surface area contributed by atoms with E-state index in [0.29, 0.717) is 24.2 Å². The van der Waals surface area contributed by atoms with Gasteiger partial charge in [-0.2, -0.15) is 0 Å². The zero-order chi connectivity index (χ0) is 24.3. The van der Waals surface area contributed by atoms with Crippen LogP contribution in [0.3, 0.4) is 0 Å². The molecule has 1 aromatic rings. The van der Waals surface area contributed by atoms with Crippen molar-refractivity contribution in [3.63, 3.8) is 0 Å². The van der Waals surface area contributed by atoms with Gasteiger partial charge in [-0.15, -0.1) is 0 Å². The molecule has 5 N–H and O–H groups in total. The van der Waals surface area contributed by atoms with Gasteiger partial charge in [-0.05, 0) is 49.9 Å². The standard InChI is InChI=1S/C27H43N5O2/c1-3-4-18-32-26(33)22-11-9-10-21-24(22)23(27(32)34)19-20(2)25(21)31-17-16-30-14-8-6-5-7-13-29-15-12-28/h9-11,19-20,25,29-31H,3-8,12-18,28H2,1-2H3. The second-order valence-electron chi connectivity index (χ2n) is 9.46. The lowest BCUT2D eigenvalue weighted by molar-refractivity contribution is -0.123. The van der Waals surface area contributed by atoms with Crippen LogP contribution >= 0.6 is 0 Å². The average molecular weight is 470 g/mol. The third-order valence-electron chi connectivity index (χ3n) is 6.79. The van der Waals surface area contributed by atoms with Crippen LogP contribution in [0.2, 0.25) is 0 Å². The predicted octanol–water partition coefficient (Wildman–Crippen LogP) is 2.83. The molecule has 0 radical (unpaired) electrons. The molecule has 34 heavy (non-hydrogen) atoms. The van der Waals surface area contributed by atoms with Gasteiger partial charge < -0.3 is 21.7 Å². The molecule has 1 heterocycles. The smallest absolute Gasteiger partial charge is 0.261 e. The van der Waals surface area contributed by atoms with Gasteiger partial charge in [-0.3, -0.25) is 14.5 Å². The van der Waals surface area contributed by atoms with Crippen LogP contribution in [0.15, 0.2) is 24.3 Å². The highest BCUT2D eigenvalue weighted by Crippen LogP contribution is 2.41. The van der Waals surface area contributed by atoms with Crippen molar-refractivity contribution in [1.29, 1.82) is 0 Å². The van der Waals surface area contributed by atoms with Gasteiger partial charge in [0.2, 0.25) is 0 Å². The zero-order valence-electron chi connectivity index (χ0n) is 21.0. The molecule has 0 saturated carbocycles. The Morgan fingerprint density at radius 2 is 1.65 bits per heavy atom. The maximum Gasteiger partial charge on any atom is 0.261 e. The van der Waals surface area contributed by atoms with Gasteiger partial charge in [-0.25, -0.2) is 0 Å². The van der Waals surface area contributed by atoms with Crippen molar-refractivity contribution in [1.82, 2.24) is 20.9 Å². The fourth-order valence-electron chi connectivity index (χ4n) is 4.93. The second kappa shape index (κ2) is 13.7. The molecule has 0 fully saturated rings. The number of hydrogen-bond donors (Lipinski definition) is 4. The molecule has 1 aliphatic carbocycles. The number of nitrogens with two attached hydrogens (primary N) is 1. The molecule has 0 spiro atoms. The molecule has 1 aliphatic heterocycles. The Balaban J connectivity index is 1.48.